The van der Waals surface area contributed by atoms with E-state index in [4.69, 9.17) is 23.5 Å². The van der Waals surface area contributed by atoms with E-state index in [1.54, 1.807) is 0 Å². The second kappa shape index (κ2) is 9.14. The molecule has 6 aliphatic rings. The Hall–Kier alpha value is 0.660. The van der Waals surface area contributed by atoms with E-state index in [9.17, 15) is 0 Å². The smallest absolute Gasteiger partial charge is 0.163 e. The van der Waals surface area contributed by atoms with Gasteiger partial charge in [0.25, 0.3) is 0 Å². The molecule has 0 amide bonds. The van der Waals surface area contributed by atoms with Crippen LogP contribution < -0.4 is 0 Å². The van der Waals surface area contributed by atoms with Crippen molar-refractivity contribution in [3.05, 3.63) is 0 Å². The zero-order chi connectivity index (χ0) is 23.8. The predicted molar refractivity (Wildman–Crippen MR) is 138 cm³/mol. The Morgan fingerprint density at radius 1 is 0.676 bits per heavy atom. The lowest BCUT2D eigenvalue weighted by atomic mass is 10.0. The Morgan fingerprint density at radius 2 is 1.18 bits per heavy atom. The highest BCUT2D eigenvalue weighted by Crippen LogP contribution is 2.70. The maximum absolute atomic E-state index is 6.99. The molecular weight excluding hydrogens is 466 g/mol. The first-order chi connectivity index (χ1) is 16.1. The maximum atomic E-state index is 6.99. The van der Waals surface area contributed by atoms with Gasteiger partial charge < -0.3 is 23.5 Å². The van der Waals surface area contributed by atoms with Crippen molar-refractivity contribution in [1.82, 2.24) is 0 Å². The Bertz CT molecular complexity index is 749. The molecule has 7 heteroatoms. The molecule has 0 radical (unpaired) electrons. The van der Waals surface area contributed by atoms with Crippen molar-refractivity contribution < 1.29 is 23.5 Å². The molecule has 0 bridgehead atoms. The molecule has 4 heterocycles. The summed E-state index contributed by atoms with van der Waals surface area (Å²) >= 11 is 0. The molecule has 10 atom stereocenters. The number of hydrogen-bond acceptors (Lipinski definition) is 5. The molecule has 6 fully saturated rings. The van der Waals surface area contributed by atoms with Gasteiger partial charge in [0.2, 0.25) is 0 Å². The Labute approximate surface area is 209 Å². The molecule has 2 aliphatic carbocycles. The van der Waals surface area contributed by atoms with Crippen molar-refractivity contribution in [3.63, 3.8) is 0 Å². The number of fused-ring (bicyclic) bond motifs is 2. The summed E-state index contributed by atoms with van der Waals surface area (Å²) in [7, 11) is -0.738. The van der Waals surface area contributed by atoms with Gasteiger partial charge in [-0.1, -0.05) is 47.5 Å². The third kappa shape index (κ3) is 4.36. The number of ether oxygens (including phenoxy) is 4. The predicted octanol–water partition coefficient (Wildman–Crippen LogP) is 6.74. The normalized spacial score (nSPS) is 50.3. The zero-order valence-electron chi connectivity index (χ0n) is 22.1. The fourth-order valence-electron chi connectivity index (χ4n) is 8.10. The van der Waals surface area contributed by atoms with E-state index in [-0.39, 0.29) is 32.3 Å². The minimum atomic E-state index is -0.595. The second-order valence-corrected chi connectivity index (χ2v) is 18.2. The van der Waals surface area contributed by atoms with Crippen LogP contribution in [0.25, 0.3) is 0 Å². The third-order valence-electron chi connectivity index (χ3n) is 9.42. The average Bonchev–Trinajstić information content (AvgIpc) is 3.57. The van der Waals surface area contributed by atoms with Crippen LogP contribution in [-0.2, 0) is 23.5 Å². The summed E-state index contributed by atoms with van der Waals surface area (Å²) in [5.41, 5.74) is 2.94. The van der Waals surface area contributed by atoms with E-state index < -0.39 is 19.7 Å². The van der Waals surface area contributed by atoms with Gasteiger partial charge in [-0.15, -0.1) is 0 Å². The lowest BCUT2D eigenvalue weighted by molar-refractivity contribution is -0.149. The molecule has 34 heavy (non-hydrogen) atoms. The Kier molecular flexibility index (Phi) is 6.71. The van der Waals surface area contributed by atoms with Crippen LogP contribution >= 0.6 is 16.1 Å². The highest BCUT2D eigenvalue weighted by molar-refractivity contribution is 7.60. The molecule has 0 aromatic carbocycles. The fraction of sp³-hybridized carbons (Fsp3) is 1.00. The van der Waals surface area contributed by atoms with E-state index in [1.165, 1.54) is 51.4 Å². The third-order valence-corrected chi connectivity index (χ3v) is 16.1. The van der Waals surface area contributed by atoms with Crippen molar-refractivity contribution in [2.45, 2.75) is 170 Å². The van der Waals surface area contributed by atoms with Gasteiger partial charge in [-0.2, -0.15) is 0 Å². The molecule has 194 valence electrons. The Balaban J connectivity index is 1.30. The average molecular weight is 513 g/mol. The van der Waals surface area contributed by atoms with Gasteiger partial charge in [-0.05, 0) is 65.5 Å². The minimum Gasteiger partial charge on any atom is -0.355 e. The molecule has 0 N–H and O–H groups in total. The summed E-state index contributed by atoms with van der Waals surface area (Å²) in [6, 6.07) is 0. The topological polar surface area (TPSA) is 46.2 Å². The summed E-state index contributed by atoms with van der Waals surface area (Å²) in [5.74, 6) is -0.961. The van der Waals surface area contributed by atoms with Gasteiger partial charge in [-0.3, -0.25) is 0 Å². The van der Waals surface area contributed by atoms with E-state index >= 15 is 0 Å². The molecule has 2 unspecified atom stereocenters. The standard InChI is InChI=1S/C27H46O5P2/c1-16-22-24(30-26(3,4)28-22)20(33(16)19-13-9-10-14-19)15-21-25-23(29-27(5,6)31-25)17(2)34(21)32-18-11-7-8-12-18/h16-25H,7-15H2,1-6H3/t16-,17-,20-,21-,22+,23+,24+,25+,33?,34?/m0/s1. The van der Waals surface area contributed by atoms with Gasteiger partial charge in [0.1, 0.15) is 0 Å². The van der Waals surface area contributed by atoms with Crippen LogP contribution in [0.2, 0.25) is 0 Å². The quantitative estimate of drug-likeness (QED) is 0.382. The molecule has 0 aromatic rings. The summed E-state index contributed by atoms with van der Waals surface area (Å²) in [6.07, 6.45) is 13.1. The summed E-state index contributed by atoms with van der Waals surface area (Å²) in [4.78, 5) is 0. The van der Waals surface area contributed by atoms with Gasteiger partial charge in [0, 0.05) is 30.8 Å². The van der Waals surface area contributed by atoms with Crippen LogP contribution in [0, 0.1) is 0 Å². The molecule has 0 spiro atoms. The van der Waals surface area contributed by atoms with Crippen molar-refractivity contribution in [2.24, 2.45) is 0 Å². The second-order valence-electron chi connectivity index (χ2n) is 12.7. The molecule has 6 rings (SSSR count). The Morgan fingerprint density at radius 3 is 1.79 bits per heavy atom. The van der Waals surface area contributed by atoms with E-state index in [0.717, 1.165) is 12.1 Å². The number of hydrogen-bond donors (Lipinski definition) is 0. The number of rotatable bonds is 5. The van der Waals surface area contributed by atoms with Gasteiger partial charge >= 0.3 is 0 Å². The molecular formula is C27H46O5P2. The van der Waals surface area contributed by atoms with Gasteiger partial charge in [0.15, 0.2) is 11.6 Å². The van der Waals surface area contributed by atoms with Crippen molar-refractivity contribution in [3.8, 4) is 0 Å². The minimum absolute atomic E-state index is 0.144. The largest absolute Gasteiger partial charge is 0.355 e. The van der Waals surface area contributed by atoms with Crippen molar-refractivity contribution in [1.29, 1.82) is 0 Å². The maximum Gasteiger partial charge on any atom is 0.163 e. The van der Waals surface area contributed by atoms with Crippen LogP contribution in [-0.4, -0.2) is 70.4 Å². The molecule has 5 nitrogen and oxygen atoms in total. The van der Waals surface area contributed by atoms with Crippen LogP contribution in [0.5, 0.6) is 0 Å². The van der Waals surface area contributed by atoms with Crippen LogP contribution in [0.1, 0.15) is 99.3 Å². The van der Waals surface area contributed by atoms with Crippen LogP contribution in [0.3, 0.4) is 0 Å². The van der Waals surface area contributed by atoms with Gasteiger partial charge in [-0.25, -0.2) is 0 Å². The summed E-state index contributed by atoms with van der Waals surface area (Å²) in [6.45, 7) is 13.2. The molecule has 4 aliphatic heterocycles. The lowest BCUT2D eigenvalue weighted by Gasteiger charge is -2.37. The van der Waals surface area contributed by atoms with Crippen LogP contribution in [0.15, 0.2) is 0 Å². The fourth-order valence-corrected chi connectivity index (χ4v) is 15.6. The van der Waals surface area contributed by atoms with E-state index in [2.05, 4.69) is 41.5 Å². The first-order valence-electron chi connectivity index (χ1n) is 14.1. The first-order valence-corrected chi connectivity index (χ1v) is 17.0. The highest BCUT2D eigenvalue weighted by atomic mass is 31.1. The summed E-state index contributed by atoms with van der Waals surface area (Å²) < 4.78 is 33.4. The molecule has 0 aromatic heterocycles. The molecule has 4 saturated heterocycles. The first kappa shape index (κ1) is 25.0. The zero-order valence-corrected chi connectivity index (χ0v) is 23.9. The lowest BCUT2D eigenvalue weighted by Crippen LogP contribution is -2.36. The van der Waals surface area contributed by atoms with Crippen molar-refractivity contribution >= 4 is 16.1 Å². The van der Waals surface area contributed by atoms with E-state index in [1.807, 2.05) is 0 Å². The van der Waals surface area contributed by atoms with Gasteiger partial charge in [0.05, 0.1) is 30.5 Å². The SMILES string of the molecule is C[C@H]1[C@H]2OC(C)(C)O[C@@H]2[C@H](C[C@H]2[C@H]3OC(C)(C)O[C@@H]3[C@H](C)P2C2CCCC2)P1OC1CCCC1. The van der Waals surface area contributed by atoms with Crippen LogP contribution in [0.4, 0.5) is 0 Å². The van der Waals surface area contributed by atoms with E-state index in [0.29, 0.717) is 28.7 Å². The monoisotopic (exact) mass is 512 g/mol. The molecule has 2 saturated carbocycles. The van der Waals surface area contributed by atoms with Crippen molar-refractivity contribution in [2.75, 3.05) is 0 Å². The summed E-state index contributed by atoms with van der Waals surface area (Å²) in [5, 5.41) is 0. The highest BCUT2D eigenvalue weighted by Gasteiger charge is 2.63.